The molecule has 0 aliphatic heterocycles. The van der Waals surface area contributed by atoms with Crippen molar-refractivity contribution in [1.82, 2.24) is 10.3 Å². The summed E-state index contributed by atoms with van der Waals surface area (Å²) in [6.45, 7) is 3.94. The molecule has 5 heteroatoms. The number of likely N-dealkylation sites (N-methyl/N-ethyl adjacent to an activating group) is 1. The van der Waals surface area contributed by atoms with Crippen LogP contribution < -0.4 is 5.32 Å². The van der Waals surface area contributed by atoms with Gasteiger partial charge >= 0.3 is 0 Å². The summed E-state index contributed by atoms with van der Waals surface area (Å²) >= 11 is 1.54. The summed E-state index contributed by atoms with van der Waals surface area (Å²) in [5, 5.41) is 4.04. The van der Waals surface area contributed by atoms with E-state index in [4.69, 9.17) is 0 Å². The van der Waals surface area contributed by atoms with Crippen molar-refractivity contribution in [3.63, 3.8) is 0 Å². The molecule has 0 saturated carbocycles. The van der Waals surface area contributed by atoms with Crippen LogP contribution in [0, 0.1) is 11.6 Å². The Labute approximate surface area is 127 Å². The Morgan fingerprint density at radius 3 is 3.00 bits per heavy atom. The molecule has 112 valence electrons. The summed E-state index contributed by atoms with van der Waals surface area (Å²) in [5.41, 5.74) is 1.50. The summed E-state index contributed by atoms with van der Waals surface area (Å²) in [4.78, 5) is 5.91. The lowest BCUT2D eigenvalue weighted by atomic mass is 9.91. The second-order valence-corrected chi connectivity index (χ2v) is 6.43. The van der Waals surface area contributed by atoms with E-state index in [9.17, 15) is 8.78 Å². The second-order valence-electron chi connectivity index (χ2n) is 5.35. The molecule has 0 bridgehead atoms. The number of fused-ring (bicyclic) bond motifs is 1. The summed E-state index contributed by atoms with van der Waals surface area (Å²) < 4.78 is 26.9. The number of nitrogens with one attached hydrogen (secondary N) is 1. The van der Waals surface area contributed by atoms with Crippen LogP contribution in [0.2, 0.25) is 0 Å². The fourth-order valence-corrected chi connectivity index (χ4v) is 4.02. The van der Waals surface area contributed by atoms with E-state index in [0.717, 1.165) is 44.1 Å². The number of hydrogen-bond acceptors (Lipinski definition) is 3. The van der Waals surface area contributed by atoms with Crippen molar-refractivity contribution in [3.8, 4) is 10.6 Å². The fourth-order valence-electron chi connectivity index (χ4n) is 2.80. The predicted octanol–water partition coefficient (Wildman–Crippen LogP) is 4.12. The minimum absolute atomic E-state index is 0.401. The molecular formula is C16H18F2N2S. The van der Waals surface area contributed by atoms with Gasteiger partial charge in [0.05, 0.1) is 5.69 Å². The van der Waals surface area contributed by atoms with Crippen molar-refractivity contribution < 1.29 is 8.78 Å². The Hall–Kier alpha value is -1.33. The molecular weight excluding hydrogens is 290 g/mol. The maximum Gasteiger partial charge on any atom is 0.136 e. The average Bonchev–Trinajstić information content (AvgIpc) is 2.89. The van der Waals surface area contributed by atoms with Gasteiger partial charge in [0.25, 0.3) is 0 Å². The SMILES string of the molecule is CCNCC1CCCc2sc(-c3ccc(F)cc3F)nc21. The minimum Gasteiger partial charge on any atom is -0.316 e. The van der Waals surface area contributed by atoms with E-state index < -0.39 is 11.6 Å². The third-order valence-electron chi connectivity index (χ3n) is 3.87. The van der Waals surface area contributed by atoms with Crippen molar-refractivity contribution in [1.29, 1.82) is 0 Å². The highest BCUT2D eigenvalue weighted by Gasteiger charge is 2.25. The molecule has 1 unspecified atom stereocenters. The largest absolute Gasteiger partial charge is 0.316 e. The highest BCUT2D eigenvalue weighted by Crippen LogP contribution is 2.38. The van der Waals surface area contributed by atoms with Gasteiger partial charge < -0.3 is 5.32 Å². The van der Waals surface area contributed by atoms with E-state index in [0.29, 0.717) is 16.5 Å². The first-order valence-electron chi connectivity index (χ1n) is 7.34. The molecule has 1 N–H and O–H groups in total. The normalized spacial score (nSPS) is 17.8. The number of halogens is 2. The highest BCUT2D eigenvalue weighted by molar-refractivity contribution is 7.15. The van der Waals surface area contributed by atoms with Gasteiger partial charge in [-0.2, -0.15) is 0 Å². The molecule has 2 nitrogen and oxygen atoms in total. The van der Waals surface area contributed by atoms with Crippen LogP contribution >= 0.6 is 11.3 Å². The molecule has 0 fully saturated rings. The third-order valence-corrected chi connectivity index (χ3v) is 5.04. The third kappa shape index (κ3) is 2.99. The van der Waals surface area contributed by atoms with Gasteiger partial charge in [0, 0.05) is 29.0 Å². The monoisotopic (exact) mass is 308 g/mol. The second kappa shape index (κ2) is 6.20. The van der Waals surface area contributed by atoms with Crippen LogP contribution in [0.4, 0.5) is 8.78 Å². The number of benzene rings is 1. The lowest BCUT2D eigenvalue weighted by Crippen LogP contribution is -2.23. The summed E-state index contributed by atoms with van der Waals surface area (Å²) in [6.07, 6.45) is 3.28. The zero-order valence-electron chi connectivity index (χ0n) is 12.0. The molecule has 1 aliphatic rings. The molecule has 0 spiro atoms. The van der Waals surface area contributed by atoms with Crippen LogP contribution in [0.25, 0.3) is 10.6 Å². The first kappa shape index (κ1) is 14.6. The number of thiazole rings is 1. The van der Waals surface area contributed by atoms with Gasteiger partial charge in [0.2, 0.25) is 0 Å². The smallest absolute Gasteiger partial charge is 0.136 e. The predicted molar refractivity (Wildman–Crippen MR) is 81.7 cm³/mol. The molecule has 0 saturated heterocycles. The van der Waals surface area contributed by atoms with Crippen molar-refractivity contribution in [2.24, 2.45) is 0 Å². The summed E-state index contributed by atoms with van der Waals surface area (Å²) in [5.74, 6) is -0.686. The van der Waals surface area contributed by atoms with Gasteiger partial charge in [-0.1, -0.05) is 6.92 Å². The molecule has 1 aromatic carbocycles. The molecule has 1 aromatic heterocycles. The topological polar surface area (TPSA) is 24.9 Å². The maximum absolute atomic E-state index is 13.9. The van der Waals surface area contributed by atoms with Gasteiger partial charge in [0.1, 0.15) is 16.6 Å². The van der Waals surface area contributed by atoms with Crippen LogP contribution in [-0.4, -0.2) is 18.1 Å². The van der Waals surface area contributed by atoms with Crippen LogP contribution in [0.15, 0.2) is 18.2 Å². The van der Waals surface area contributed by atoms with Gasteiger partial charge in [-0.25, -0.2) is 13.8 Å². The van der Waals surface area contributed by atoms with E-state index in [1.807, 2.05) is 0 Å². The minimum atomic E-state index is -0.553. The van der Waals surface area contributed by atoms with Gasteiger partial charge in [-0.3, -0.25) is 0 Å². The van der Waals surface area contributed by atoms with Gasteiger partial charge in [0.15, 0.2) is 0 Å². The number of rotatable bonds is 4. The zero-order valence-corrected chi connectivity index (χ0v) is 12.8. The summed E-state index contributed by atoms with van der Waals surface area (Å²) in [6, 6.07) is 3.69. The molecule has 1 heterocycles. The number of hydrogen-bond donors (Lipinski definition) is 1. The zero-order chi connectivity index (χ0) is 14.8. The van der Waals surface area contributed by atoms with Crippen molar-refractivity contribution in [2.45, 2.75) is 32.1 Å². The van der Waals surface area contributed by atoms with Crippen LogP contribution in [0.3, 0.4) is 0 Å². The molecule has 1 aliphatic carbocycles. The van der Waals surface area contributed by atoms with Crippen molar-refractivity contribution in [2.75, 3.05) is 13.1 Å². The van der Waals surface area contributed by atoms with Crippen LogP contribution in [0.1, 0.15) is 36.3 Å². The number of aryl methyl sites for hydroxylation is 1. The molecule has 2 aromatic rings. The Balaban J connectivity index is 1.94. The fraction of sp³-hybridized carbons (Fsp3) is 0.438. The molecule has 1 atom stereocenters. The standard InChI is InChI=1S/C16H18F2N2S/c1-2-19-9-10-4-3-5-14-15(10)20-16(21-14)12-7-6-11(17)8-13(12)18/h6-8,10,19H,2-5,9H2,1H3. The lowest BCUT2D eigenvalue weighted by molar-refractivity contribution is 0.509. The summed E-state index contributed by atoms with van der Waals surface area (Å²) in [7, 11) is 0. The van der Waals surface area contributed by atoms with E-state index in [1.54, 1.807) is 11.3 Å². The first-order chi connectivity index (χ1) is 10.2. The van der Waals surface area contributed by atoms with E-state index in [1.165, 1.54) is 17.0 Å². The highest BCUT2D eigenvalue weighted by atomic mass is 32.1. The Bertz CT molecular complexity index is 639. The first-order valence-corrected chi connectivity index (χ1v) is 8.16. The Morgan fingerprint density at radius 2 is 2.24 bits per heavy atom. The molecule has 3 rings (SSSR count). The average molecular weight is 308 g/mol. The Morgan fingerprint density at radius 1 is 1.38 bits per heavy atom. The number of aromatic nitrogens is 1. The van der Waals surface area contributed by atoms with Gasteiger partial charge in [-0.05, 0) is 37.9 Å². The van der Waals surface area contributed by atoms with Crippen molar-refractivity contribution in [3.05, 3.63) is 40.4 Å². The van der Waals surface area contributed by atoms with E-state index in [2.05, 4.69) is 17.2 Å². The van der Waals surface area contributed by atoms with E-state index in [-0.39, 0.29) is 0 Å². The van der Waals surface area contributed by atoms with Crippen LogP contribution in [0.5, 0.6) is 0 Å². The van der Waals surface area contributed by atoms with Crippen molar-refractivity contribution >= 4 is 11.3 Å². The molecule has 0 radical (unpaired) electrons. The van der Waals surface area contributed by atoms with E-state index >= 15 is 0 Å². The van der Waals surface area contributed by atoms with Gasteiger partial charge in [-0.15, -0.1) is 11.3 Å². The quantitative estimate of drug-likeness (QED) is 0.919. The lowest BCUT2D eigenvalue weighted by Gasteiger charge is -2.21. The molecule has 0 amide bonds. The maximum atomic E-state index is 13.9. The Kier molecular flexibility index (Phi) is 4.31. The van der Waals surface area contributed by atoms with Crippen LogP contribution in [-0.2, 0) is 6.42 Å². The molecule has 21 heavy (non-hydrogen) atoms. The number of nitrogens with zero attached hydrogens (tertiary/aromatic N) is 1.